The van der Waals surface area contributed by atoms with Gasteiger partial charge in [-0.1, -0.05) is 13.8 Å². The Hall–Kier alpha value is -0.860. The minimum absolute atomic E-state index is 0.0731. The molecule has 1 atom stereocenters. The standard InChI is InChI=1S/C10H17NO2/c1-5-13-9(12)8-7(2)11-6-10(8,3)4/h8H,5-6H2,1-4H3. The summed E-state index contributed by atoms with van der Waals surface area (Å²) >= 11 is 0. The topological polar surface area (TPSA) is 38.7 Å². The maximum Gasteiger partial charge on any atom is 0.315 e. The van der Waals surface area contributed by atoms with Crippen molar-refractivity contribution in [3.05, 3.63) is 0 Å². The molecule has 1 aliphatic heterocycles. The Kier molecular flexibility index (Phi) is 2.74. The van der Waals surface area contributed by atoms with E-state index in [0.29, 0.717) is 6.61 Å². The average molecular weight is 183 g/mol. The summed E-state index contributed by atoms with van der Waals surface area (Å²) in [4.78, 5) is 15.9. The zero-order valence-electron chi connectivity index (χ0n) is 8.76. The fourth-order valence-electron chi connectivity index (χ4n) is 1.79. The molecule has 0 amide bonds. The molecule has 1 heterocycles. The van der Waals surface area contributed by atoms with Gasteiger partial charge < -0.3 is 4.74 Å². The van der Waals surface area contributed by atoms with E-state index >= 15 is 0 Å². The zero-order valence-corrected chi connectivity index (χ0v) is 8.76. The van der Waals surface area contributed by atoms with Gasteiger partial charge in [0.05, 0.1) is 6.61 Å². The van der Waals surface area contributed by atoms with E-state index in [0.717, 1.165) is 12.3 Å². The molecule has 0 aliphatic carbocycles. The van der Waals surface area contributed by atoms with Gasteiger partial charge in [0.1, 0.15) is 5.92 Å². The highest BCUT2D eigenvalue weighted by molar-refractivity contribution is 6.03. The van der Waals surface area contributed by atoms with Crippen LogP contribution in [0.25, 0.3) is 0 Å². The van der Waals surface area contributed by atoms with Gasteiger partial charge >= 0.3 is 5.97 Å². The van der Waals surface area contributed by atoms with Crippen LogP contribution in [-0.4, -0.2) is 24.8 Å². The van der Waals surface area contributed by atoms with Crippen molar-refractivity contribution in [2.24, 2.45) is 16.3 Å². The Morgan fingerprint density at radius 1 is 1.69 bits per heavy atom. The molecule has 0 saturated carbocycles. The summed E-state index contributed by atoms with van der Waals surface area (Å²) in [5.74, 6) is -0.279. The van der Waals surface area contributed by atoms with Gasteiger partial charge in [0.15, 0.2) is 0 Å². The zero-order chi connectivity index (χ0) is 10.1. The van der Waals surface area contributed by atoms with Crippen molar-refractivity contribution in [3.63, 3.8) is 0 Å². The Morgan fingerprint density at radius 2 is 2.31 bits per heavy atom. The van der Waals surface area contributed by atoms with E-state index in [2.05, 4.69) is 18.8 Å². The van der Waals surface area contributed by atoms with Crippen LogP contribution in [0.3, 0.4) is 0 Å². The lowest BCUT2D eigenvalue weighted by atomic mass is 9.79. The quantitative estimate of drug-likeness (QED) is 0.611. The summed E-state index contributed by atoms with van der Waals surface area (Å²) in [6.45, 7) is 8.99. The molecule has 0 bridgehead atoms. The predicted octanol–water partition coefficient (Wildman–Crippen LogP) is 1.67. The number of carbonyl (C=O) groups is 1. The summed E-state index contributed by atoms with van der Waals surface area (Å²) in [7, 11) is 0. The summed E-state index contributed by atoms with van der Waals surface area (Å²) in [6.07, 6.45) is 0. The van der Waals surface area contributed by atoms with Crippen LogP contribution >= 0.6 is 0 Å². The lowest BCUT2D eigenvalue weighted by Crippen LogP contribution is -2.34. The summed E-state index contributed by atoms with van der Waals surface area (Å²) < 4.78 is 5.01. The third-order valence-corrected chi connectivity index (χ3v) is 2.46. The molecule has 1 aliphatic rings. The van der Waals surface area contributed by atoms with Gasteiger partial charge in [0, 0.05) is 17.7 Å². The largest absolute Gasteiger partial charge is 0.465 e. The van der Waals surface area contributed by atoms with Crippen LogP contribution < -0.4 is 0 Å². The first-order chi connectivity index (χ1) is 5.99. The first kappa shape index (κ1) is 10.2. The fraction of sp³-hybridized carbons (Fsp3) is 0.800. The normalized spacial score (nSPS) is 25.5. The van der Waals surface area contributed by atoms with Crippen LogP contribution in [0, 0.1) is 11.3 Å². The number of aliphatic imine (C=N–C) groups is 1. The maximum absolute atomic E-state index is 11.6. The van der Waals surface area contributed by atoms with E-state index in [4.69, 9.17) is 4.74 Å². The van der Waals surface area contributed by atoms with Crippen molar-refractivity contribution >= 4 is 11.7 Å². The number of carbonyl (C=O) groups excluding carboxylic acids is 1. The van der Waals surface area contributed by atoms with Gasteiger partial charge in [-0.05, 0) is 13.8 Å². The van der Waals surface area contributed by atoms with Crippen LogP contribution in [-0.2, 0) is 9.53 Å². The number of nitrogens with zero attached hydrogens (tertiary/aromatic N) is 1. The molecule has 13 heavy (non-hydrogen) atoms. The fourth-order valence-corrected chi connectivity index (χ4v) is 1.79. The summed E-state index contributed by atoms with van der Waals surface area (Å²) in [5.41, 5.74) is 0.833. The first-order valence-electron chi connectivity index (χ1n) is 4.66. The van der Waals surface area contributed by atoms with Crippen LogP contribution in [0.4, 0.5) is 0 Å². The average Bonchev–Trinajstić information content (AvgIpc) is 2.26. The van der Waals surface area contributed by atoms with E-state index in [1.807, 2.05) is 13.8 Å². The molecule has 0 radical (unpaired) electrons. The molecular weight excluding hydrogens is 166 g/mol. The Balaban J connectivity index is 2.76. The molecule has 0 aromatic heterocycles. The van der Waals surface area contributed by atoms with E-state index in [-0.39, 0.29) is 17.3 Å². The molecule has 0 spiro atoms. The molecule has 0 saturated heterocycles. The minimum atomic E-state index is -0.146. The molecule has 3 nitrogen and oxygen atoms in total. The summed E-state index contributed by atoms with van der Waals surface area (Å²) in [6, 6.07) is 0. The second kappa shape index (κ2) is 3.48. The lowest BCUT2D eigenvalue weighted by molar-refractivity contribution is -0.148. The van der Waals surface area contributed by atoms with Crippen molar-refractivity contribution in [1.82, 2.24) is 0 Å². The monoisotopic (exact) mass is 183 g/mol. The van der Waals surface area contributed by atoms with Gasteiger partial charge in [-0.2, -0.15) is 0 Å². The highest BCUT2D eigenvalue weighted by Gasteiger charge is 2.42. The van der Waals surface area contributed by atoms with E-state index in [1.165, 1.54) is 0 Å². The Labute approximate surface area is 79.2 Å². The van der Waals surface area contributed by atoms with Crippen LogP contribution in [0.5, 0.6) is 0 Å². The van der Waals surface area contributed by atoms with Crippen LogP contribution in [0.15, 0.2) is 4.99 Å². The van der Waals surface area contributed by atoms with Gasteiger partial charge in [-0.3, -0.25) is 9.79 Å². The number of ether oxygens (including phenoxy) is 1. The van der Waals surface area contributed by atoms with Crippen molar-refractivity contribution in [2.75, 3.05) is 13.2 Å². The number of hydrogen-bond donors (Lipinski definition) is 0. The van der Waals surface area contributed by atoms with Crippen molar-refractivity contribution in [2.45, 2.75) is 27.7 Å². The number of hydrogen-bond acceptors (Lipinski definition) is 3. The van der Waals surface area contributed by atoms with Crippen molar-refractivity contribution in [3.8, 4) is 0 Å². The number of esters is 1. The third kappa shape index (κ3) is 1.90. The second-order valence-electron chi connectivity index (χ2n) is 4.13. The number of rotatable bonds is 2. The van der Waals surface area contributed by atoms with Gasteiger partial charge in [-0.15, -0.1) is 0 Å². The molecule has 0 fully saturated rings. The second-order valence-corrected chi connectivity index (χ2v) is 4.13. The van der Waals surface area contributed by atoms with E-state index in [9.17, 15) is 4.79 Å². The van der Waals surface area contributed by atoms with Crippen molar-refractivity contribution in [1.29, 1.82) is 0 Å². The van der Waals surface area contributed by atoms with Gasteiger partial charge in [-0.25, -0.2) is 0 Å². The third-order valence-electron chi connectivity index (χ3n) is 2.46. The molecule has 0 aromatic carbocycles. The van der Waals surface area contributed by atoms with Gasteiger partial charge in [0.25, 0.3) is 0 Å². The van der Waals surface area contributed by atoms with E-state index < -0.39 is 0 Å². The molecule has 3 heteroatoms. The minimum Gasteiger partial charge on any atom is -0.465 e. The first-order valence-corrected chi connectivity index (χ1v) is 4.66. The van der Waals surface area contributed by atoms with Crippen molar-refractivity contribution < 1.29 is 9.53 Å². The van der Waals surface area contributed by atoms with Crippen LogP contribution in [0.2, 0.25) is 0 Å². The smallest absolute Gasteiger partial charge is 0.315 e. The molecule has 1 rings (SSSR count). The SMILES string of the molecule is CCOC(=O)C1C(C)=NCC1(C)C. The molecule has 74 valence electrons. The van der Waals surface area contributed by atoms with Crippen LogP contribution in [0.1, 0.15) is 27.7 Å². The lowest BCUT2D eigenvalue weighted by Gasteiger charge is -2.24. The highest BCUT2D eigenvalue weighted by atomic mass is 16.5. The van der Waals surface area contributed by atoms with E-state index in [1.54, 1.807) is 0 Å². The highest BCUT2D eigenvalue weighted by Crippen LogP contribution is 2.34. The molecule has 1 unspecified atom stereocenters. The Morgan fingerprint density at radius 3 is 2.69 bits per heavy atom. The Bertz CT molecular complexity index is 243. The predicted molar refractivity (Wildman–Crippen MR) is 51.9 cm³/mol. The molecule has 0 aromatic rings. The molecular formula is C10H17NO2. The van der Waals surface area contributed by atoms with Gasteiger partial charge in [0.2, 0.25) is 0 Å². The molecule has 0 N–H and O–H groups in total. The summed E-state index contributed by atoms with van der Waals surface area (Å²) in [5, 5.41) is 0. The maximum atomic E-state index is 11.6.